The molecule has 3 heterocycles. The van der Waals surface area contributed by atoms with Crippen LogP contribution in [-0.4, -0.2) is 58.8 Å². The molecule has 55 heavy (non-hydrogen) atoms. The minimum atomic E-state index is 0.161. The summed E-state index contributed by atoms with van der Waals surface area (Å²) in [6, 6.07) is 46.7. The Bertz CT molecular complexity index is 3090. The molecule has 244 valence electrons. The van der Waals surface area contributed by atoms with Crippen LogP contribution in [0.1, 0.15) is 0 Å². The quantitative estimate of drug-likeness (QED) is 0.224. The van der Waals surface area contributed by atoms with Crippen molar-refractivity contribution in [2.24, 2.45) is 0 Å². The summed E-state index contributed by atoms with van der Waals surface area (Å²) in [5, 5.41) is 4.38. The largest absolute Gasteiger partial charge is 0.454 e. The second-order valence-electron chi connectivity index (χ2n) is 13.5. The van der Waals surface area contributed by atoms with Gasteiger partial charge in [-0.15, -0.1) is 16.4 Å². The van der Waals surface area contributed by atoms with E-state index in [1.165, 1.54) is 10.8 Å². The van der Waals surface area contributed by atoms with Crippen molar-refractivity contribution in [2.45, 2.75) is 0 Å². The third kappa shape index (κ3) is 5.27. The third-order valence-corrected chi connectivity index (χ3v) is 10.3. The predicted molar refractivity (Wildman–Crippen MR) is 230 cm³/mol. The van der Waals surface area contributed by atoms with Gasteiger partial charge in [-0.2, -0.15) is 0 Å². The lowest BCUT2D eigenvalue weighted by Gasteiger charge is -2.21. The van der Waals surface area contributed by atoms with Crippen LogP contribution in [0, 0.1) is 0 Å². The molecule has 0 N–H and O–H groups in total. The minimum absolute atomic E-state index is 0.161. The van der Waals surface area contributed by atoms with Gasteiger partial charge in [-0.3, -0.25) is 0 Å². The Kier molecular flexibility index (Phi) is 7.70. The molecule has 0 saturated carbocycles. The third-order valence-electron chi connectivity index (χ3n) is 10.3. The van der Waals surface area contributed by atoms with E-state index in [-0.39, 0.29) is 27.3 Å². The zero-order chi connectivity index (χ0) is 37.4. The molecular weight excluding hydrogens is 667 g/mol. The Morgan fingerprint density at radius 2 is 0.909 bits per heavy atom. The first kappa shape index (κ1) is 33.1. The Balaban J connectivity index is 1.14. The van der Waals surface area contributed by atoms with E-state index in [2.05, 4.69) is 77.4 Å². The highest BCUT2D eigenvalue weighted by molar-refractivity contribution is 6.68. The van der Waals surface area contributed by atoms with Crippen LogP contribution in [0.15, 0.2) is 144 Å². The molecule has 0 unspecified atom stereocenters. The monoisotopic (exact) mass is 690 g/mol. The van der Waals surface area contributed by atoms with Gasteiger partial charge in [0, 0.05) is 38.2 Å². The number of hydrogen-bond acceptors (Lipinski definition) is 4. The Morgan fingerprint density at radius 3 is 1.58 bits per heavy atom. The molecule has 0 aliphatic rings. The van der Waals surface area contributed by atoms with E-state index >= 15 is 0 Å². The Labute approximate surface area is 323 Å². The molecule has 10 aromatic rings. The summed E-state index contributed by atoms with van der Waals surface area (Å²) in [7, 11) is 31.4. The lowest BCUT2D eigenvalue weighted by molar-refractivity contribution is 0.666. The molecule has 0 spiro atoms. The summed E-state index contributed by atoms with van der Waals surface area (Å²) >= 11 is 0. The van der Waals surface area contributed by atoms with Crippen molar-refractivity contribution in [1.82, 2.24) is 19.5 Å². The predicted octanol–water partition coefficient (Wildman–Crippen LogP) is 5.51. The van der Waals surface area contributed by atoms with Gasteiger partial charge in [-0.05, 0) is 47.5 Å². The maximum atomic E-state index is 6.77. The second-order valence-corrected chi connectivity index (χ2v) is 13.5. The van der Waals surface area contributed by atoms with Gasteiger partial charge in [-0.25, -0.2) is 15.0 Å². The van der Waals surface area contributed by atoms with Crippen LogP contribution in [-0.2, 0) is 0 Å². The number of aromatic nitrogens is 4. The van der Waals surface area contributed by atoms with Crippen molar-refractivity contribution >= 4 is 110 Å². The molecular formula is C45H23B5N4O. The molecule has 0 amide bonds. The van der Waals surface area contributed by atoms with Crippen molar-refractivity contribution < 1.29 is 4.42 Å². The average molecular weight is 690 g/mol. The number of hydrogen-bond donors (Lipinski definition) is 0. The van der Waals surface area contributed by atoms with E-state index < -0.39 is 0 Å². The highest BCUT2D eigenvalue weighted by Gasteiger charge is 2.20. The average Bonchev–Trinajstić information content (AvgIpc) is 3.78. The number of furan rings is 1. The summed E-state index contributed by atoms with van der Waals surface area (Å²) in [5.74, 6) is 1.46. The molecule has 7 aromatic carbocycles. The molecule has 0 atom stereocenters. The molecule has 0 aliphatic carbocycles. The Morgan fingerprint density at radius 1 is 0.400 bits per heavy atom. The van der Waals surface area contributed by atoms with E-state index in [1.54, 1.807) is 0 Å². The fraction of sp³-hybridized carbons (Fsp3) is 0. The van der Waals surface area contributed by atoms with Crippen LogP contribution in [0.4, 0.5) is 0 Å². The van der Waals surface area contributed by atoms with Gasteiger partial charge >= 0.3 is 0 Å². The van der Waals surface area contributed by atoms with Crippen molar-refractivity contribution in [3.63, 3.8) is 0 Å². The molecule has 3 aromatic heterocycles. The fourth-order valence-corrected chi connectivity index (χ4v) is 7.61. The number of rotatable bonds is 5. The lowest BCUT2D eigenvalue weighted by Crippen LogP contribution is -2.55. The zero-order valence-electron chi connectivity index (χ0n) is 29.4. The smallest absolute Gasteiger partial charge is 0.164 e. The normalized spacial score (nSPS) is 11.6. The highest BCUT2D eigenvalue weighted by Crippen LogP contribution is 2.39. The topological polar surface area (TPSA) is 56.7 Å². The van der Waals surface area contributed by atoms with E-state index in [1.807, 2.05) is 66.7 Å². The van der Waals surface area contributed by atoms with Crippen LogP contribution in [0.2, 0.25) is 0 Å². The summed E-state index contributed by atoms with van der Waals surface area (Å²) < 4.78 is 9.05. The maximum absolute atomic E-state index is 6.77. The highest BCUT2D eigenvalue weighted by atomic mass is 16.3. The molecule has 0 fully saturated rings. The molecule has 10 rings (SSSR count). The van der Waals surface area contributed by atoms with Crippen LogP contribution in [0.3, 0.4) is 0 Å². The van der Waals surface area contributed by atoms with Gasteiger partial charge in [0.2, 0.25) is 0 Å². The Hall–Kier alpha value is -6.53. The zero-order valence-corrected chi connectivity index (χ0v) is 29.4. The van der Waals surface area contributed by atoms with Crippen molar-refractivity contribution in [3.8, 4) is 51.0 Å². The van der Waals surface area contributed by atoms with Crippen LogP contribution in [0.25, 0.3) is 94.7 Å². The van der Waals surface area contributed by atoms with Crippen molar-refractivity contribution in [2.75, 3.05) is 0 Å². The van der Waals surface area contributed by atoms with E-state index in [0.717, 1.165) is 49.8 Å². The summed E-state index contributed by atoms with van der Waals surface area (Å²) in [6.07, 6.45) is 0. The van der Waals surface area contributed by atoms with E-state index in [0.29, 0.717) is 34.2 Å². The van der Waals surface area contributed by atoms with Gasteiger partial charge in [0.25, 0.3) is 0 Å². The standard InChI is InChI=1S/C45H23B5N4O/c46-37-36(38(47)40(49)41(50)39(37)48)25-12-8-13-26(22-25)44-51-43(24-10-2-1-3-11-24)52-45(53-44)27-20-21-30-31-16-9-19-34(42(31)55-35(30)23-27)54-32-17-6-4-14-28(32)29-15-5-7-18-33(29)54/h1-23H. The maximum Gasteiger partial charge on any atom is 0.164 e. The lowest BCUT2D eigenvalue weighted by atomic mass is 9.59. The van der Waals surface area contributed by atoms with Crippen molar-refractivity contribution in [1.29, 1.82) is 0 Å². The molecule has 5 nitrogen and oxygen atoms in total. The number of fused-ring (bicyclic) bond motifs is 6. The van der Waals surface area contributed by atoms with Gasteiger partial charge < -0.3 is 8.98 Å². The first-order chi connectivity index (χ1) is 26.9. The number of nitrogens with zero attached hydrogens (tertiary/aromatic N) is 4. The number of para-hydroxylation sites is 3. The van der Waals surface area contributed by atoms with Gasteiger partial charge in [-0.1, -0.05) is 114 Å². The summed E-state index contributed by atoms with van der Waals surface area (Å²) in [6.45, 7) is 0. The minimum Gasteiger partial charge on any atom is -0.454 e. The summed E-state index contributed by atoms with van der Waals surface area (Å²) in [5.41, 5.74) is 9.26. The molecule has 0 saturated heterocycles. The molecule has 10 radical (unpaired) electrons. The van der Waals surface area contributed by atoms with Gasteiger partial charge in [0.05, 0.1) is 16.7 Å². The van der Waals surface area contributed by atoms with E-state index in [9.17, 15) is 0 Å². The van der Waals surface area contributed by atoms with Crippen molar-refractivity contribution in [3.05, 3.63) is 140 Å². The number of benzene rings is 7. The first-order valence-corrected chi connectivity index (χ1v) is 17.7. The first-order valence-electron chi connectivity index (χ1n) is 17.7. The SMILES string of the molecule is [B]c1c([B])c([B])c(-c2cccc(-c3nc(-c4ccccc4)nc(-c4ccc5c(c4)oc4c(-n6c7ccccc7c7ccccc76)cccc45)n3)c2)c([B])c1[B]. The van der Waals surface area contributed by atoms with Crippen LogP contribution >= 0.6 is 0 Å². The van der Waals surface area contributed by atoms with Gasteiger partial charge in [0.1, 0.15) is 44.8 Å². The second kappa shape index (κ2) is 12.8. The fourth-order valence-electron chi connectivity index (χ4n) is 7.61. The molecule has 10 heteroatoms. The van der Waals surface area contributed by atoms with Crippen LogP contribution in [0.5, 0.6) is 0 Å². The summed E-state index contributed by atoms with van der Waals surface area (Å²) in [4.78, 5) is 14.9. The van der Waals surface area contributed by atoms with Crippen LogP contribution < -0.4 is 27.3 Å². The van der Waals surface area contributed by atoms with Gasteiger partial charge in [0.15, 0.2) is 23.1 Å². The van der Waals surface area contributed by atoms with E-state index in [4.69, 9.17) is 58.6 Å². The molecule has 0 bridgehead atoms. The molecule has 0 aliphatic heterocycles.